The van der Waals surface area contributed by atoms with Crippen molar-refractivity contribution in [3.63, 3.8) is 0 Å². The van der Waals surface area contributed by atoms with Crippen molar-refractivity contribution in [1.29, 1.82) is 0 Å². The zero-order valence-electron chi connectivity index (χ0n) is 14.1. The molecule has 0 radical (unpaired) electrons. The molecule has 1 atom stereocenters. The molecule has 1 fully saturated rings. The van der Waals surface area contributed by atoms with Gasteiger partial charge in [0.25, 0.3) is 5.91 Å². The molecule has 0 aromatic heterocycles. The van der Waals surface area contributed by atoms with Gasteiger partial charge in [0.05, 0.1) is 12.7 Å². The Balaban J connectivity index is 1.91. The van der Waals surface area contributed by atoms with Crippen molar-refractivity contribution in [3.8, 4) is 5.75 Å². The fourth-order valence-corrected chi connectivity index (χ4v) is 2.81. The summed E-state index contributed by atoms with van der Waals surface area (Å²) in [7, 11) is 1.41. The highest BCUT2D eigenvalue weighted by Crippen LogP contribution is 2.19. The van der Waals surface area contributed by atoms with Gasteiger partial charge >= 0.3 is 5.97 Å². The average molecular weight is 337 g/mol. The van der Waals surface area contributed by atoms with Gasteiger partial charge in [-0.3, -0.25) is 4.79 Å². The van der Waals surface area contributed by atoms with E-state index in [0.29, 0.717) is 5.75 Å². The minimum Gasteiger partial charge on any atom is -0.497 e. The third-order valence-electron chi connectivity index (χ3n) is 4.25. The molecule has 0 heterocycles. The van der Waals surface area contributed by atoms with Crippen LogP contribution in [-0.2, 0) is 9.53 Å². The summed E-state index contributed by atoms with van der Waals surface area (Å²) in [4.78, 5) is 24.2. The normalized spacial score (nSPS) is 16.8. The highest BCUT2D eigenvalue weighted by Gasteiger charge is 2.23. The Hall–Kier alpha value is -2.11. The summed E-state index contributed by atoms with van der Waals surface area (Å²) in [5, 5.41) is 2.92. The van der Waals surface area contributed by atoms with Crippen molar-refractivity contribution < 1.29 is 23.5 Å². The van der Waals surface area contributed by atoms with Crippen molar-refractivity contribution in [1.82, 2.24) is 5.32 Å². The number of ether oxygens (including phenoxy) is 2. The van der Waals surface area contributed by atoms with Gasteiger partial charge in [-0.15, -0.1) is 0 Å². The van der Waals surface area contributed by atoms with Crippen LogP contribution in [0.2, 0.25) is 0 Å². The van der Waals surface area contributed by atoms with Crippen LogP contribution in [0.25, 0.3) is 0 Å². The van der Waals surface area contributed by atoms with Gasteiger partial charge in [-0.05, 0) is 31.9 Å². The molecule has 1 N–H and O–H groups in total. The Morgan fingerprint density at radius 3 is 2.46 bits per heavy atom. The quantitative estimate of drug-likeness (QED) is 0.662. The lowest BCUT2D eigenvalue weighted by Crippen LogP contribution is -2.41. The predicted octanol–water partition coefficient (Wildman–Crippen LogP) is 3.22. The summed E-state index contributed by atoms with van der Waals surface area (Å²) in [6.07, 6.45) is 5.48. The molecule has 24 heavy (non-hydrogen) atoms. The number of hydrogen-bond donors (Lipinski definition) is 1. The number of carbonyl (C=O) groups is 2. The standard InChI is InChI=1S/C18H24FNO4/c1-12(17(21)20-13-7-5-3-4-6-8-13)24-18(22)15-10-9-14(23-2)11-16(15)19/h9-13H,3-8H2,1-2H3,(H,20,21)/t12-/m1/s1. The van der Waals surface area contributed by atoms with Gasteiger partial charge < -0.3 is 14.8 Å². The van der Waals surface area contributed by atoms with Crippen molar-refractivity contribution >= 4 is 11.9 Å². The first kappa shape index (κ1) is 18.2. The third kappa shape index (κ3) is 4.94. The summed E-state index contributed by atoms with van der Waals surface area (Å²) in [5.41, 5.74) is -0.218. The first-order valence-electron chi connectivity index (χ1n) is 8.36. The van der Waals surface area contributed by atoms with Gasteiger partial charge in [-0.2, -0.15) is 0 Å². The number of esters is 1. The van der Waals surface area contributed by atoms with E-state index in [9.17, 15) is 14.0 Å². The van der Waals surface area contributed by atoms with Gasteiger partial charge in [0.2, 0.25) is 0 Å². The minimum atomic E-state index is -0.970. The Morgan fingerprint density at radius 1 is 1.21 bits per heavy atom. The SMILES string of the molecule is COc1ccc(C(=O)O[C@H](C)C(=O)NC2CCCCCC2)c(F)c1. The van der Waals surface area contributed by atoms with E-state index < -0.39 is 17.9 Å². The van der Waals surface area contributed by atoms with E-state index in [-0.39, 0.29) is 17.5 Å². The zero-order chi connectivity index (χ0) is 17.5. The summed E-state index contributed by atoms with van der Waals surface area (Å²) < 4.78 is 23.9. The van der Waals surface area contributed by atoms with E-state index in [1.807, 2.05) is 0 Å². The van der Waals surface area contributed by atoms with Gasteiger partial charge in [-0.25, -0.2) is 9.18 Å². The molecule has 1 saturated carbocycles. The van der Waals surface area contributed by atoms with E-state index >= 15 is 0 Å². The molecule has 1 aromatic rings. The van der Waals surface area contributed by atoms with E-state index in [1.165, 1.54) is 39.0 Å². The van der Waals surface area contributed by atoms with Crippen LogP contribution in [0.5, 0.6) is 5.75 Å². The van der Waals surface area contributed by atoms with Crippen LogP contribution < -0.4 is 10.1 Å². The molecule has 0 aliphatic heterocycles. The average Bonchev–Trinajstić information content (AvgIpc) is 2.83. The highest BCUT2D eigenvalue weighted by atomic mass is 19.1. The van der Waals surface area contributed by atoms with Gasteiger partial charge in [0.1, 0.15) is 11.6 Å². The maximum atomic E-state index is 13.9. The maximum Gasteiger partial charge on any atom is 0.341 e. The lowest BCUT2D eigenvalue weighted by Gasteiger charge is -2.19. The number of halogens is 1. The Bertz CT molecular complexity index is 582. The summed E-state index contributed by atoms with van der Waals surface area (Å²) in [5.74, 6) is -1.64. The highest BCUT2D eigenvalue weighted by molar-refractivity contribution is 5.92. The van der Waals surface area contributed by atoms with Crippen LogP contribution in [0.15, 0.2) is 18.2 Å². The lowest BCUT2D eigenvalue weighted by molar-refractivity contribution is -0.129. The lowest BCUT2D eigenvalue weighted by atomic mass is 10.1. The van der Waals surface area contributed by atoms with Crippen molar-refractivity contribution in [2.24, 2.45) is 0 Å². The largest absolute Gasteiger partial charge is 0.497 e. The van der Waals surface area contributed by atoms with Crippen LogP contribution >= 0.6 is 0 Å². The van der Waals surface area contributed by atoms with Gasteiger partial charge in [0.15, 0.2) is 6.10 Å². The summed E-state index contributed by atoms with van der Waals surface area (Å²) >= 11 is 0. The fraction of sp³-hybridized carbons (Fsp3) is 0.556. The second-order valence-electron chi connectivity index (χ2n) is 6.09. The predicted molar refractivity (Wildman–Crippen MR) is 87.5 cm³/mol. The summed E-state index contributed by atoms with van der Waals surface area (Å²) in [6.45, 7) is 1.49. The fourth-order valence-electron chi connectivity index (χ4n) is 2.81. The maximum absolute atomic E-state index is 13.9. The van der Waals surface area contributed by atoms with Crippen LogP contribution in [0.3, 0.4) is 0 Å². The van der Waals surface area contributed by atoms with Gasteiger partial charge in [0, 0.05) is 12.1 Å². The summed E-state index contributed by atoms with van der Waals surface area (Å²) in [6, 6.07) is 3.98. The van der Waals surface area contributed by atoms with Crippen molar-refractivity contribution in [2.75, 3.05) is 7.11 Å². The zero-order valence-corrected chi connectivity index (χ0v) is 14.1. The Morgan fingerprint density at radius 2 is 1.88 bits per heavy atom. The first-order chi connectivity index (χ1) is 11.5. The molecule has 0 spiro atoms. The molecule has 0 bridgehead atoms. The molecule has 1 amide bonds. The van der Waals surface area contributed by atoms with Crippen LogP contribution in [0, 0.1) is 5.82 Å². The number of rotatable bonds is 5. The molecule has 1 aliphatic carbocycles. The smallest absolute Gasteiger partial charge is 0.341 e. The topological polar surface area (TPSA) is 64.6 Å². The van der Waals surface area contributed by atoms with E-state index in [1.54, 1.807) is 0 Å². The number of carbonyl (C=O) groups excluding carboxylic acids is 2. The van der Waals surface area contributed by atoms with Gasteiger partial charge in [-0.1, -0.05) is 25.7 Å². The second-order valence-corrected chi connectivity index (χ2v) is 6.09. The number of benzene rings is 1. The Labute approximate surface area is 141 Å². The molecular weight excluding hydrogens is 313 g/mol. The monoisotopic (exact) mass is 337 g/mol. The number of hydrogen-bond acceptors (Lipinski definition) is 4. The van der Waals surface area contributed by atoms with Crippen LogP contribution in [0.4, 0.5) is 4.39 Å². The first-order valence-corrected chi connectivity index (χ1v) is 8.36. The number of amides is 1. The van der Waals surface area contributed by atoms with Crippen LogP contribution in [-0.4, -0.2) is 31.1 Å². The van der Waals surface area contributed by atoms with E-state index in [4.69, 9.17) is 9.47 Å². The number of methoxy groups -OCH3 is 1. The molecule has 0 unspecified atom stereocenters. The Kier molecular flexibility index (Phi) is 6.58. The molecule has 2 rings (SSSR count). The van der Waals surface area contributed by atoms with E-state index in [0.717, 1.165) is 31.7 Å². The van der Waals surface area contributed by atoms with Crippen LogP contribution in [0.1, 0.15) is 55.8 Å². The molecule has 1 aliphatic rings. The third-order valence-corrected chi connectivity index (χ3v) is 4.25. The minimum absolute atomic E-state index is 0.124. The number of nitrogens with one attached hydrogen (secondary N) is 1. The molecule has 5 nitrogen and oxygen atoms in total. The molecule has 0 saturated heterocycles. The molecule has 132 valence electrons. The molecule has 1 aromatic carbocycles. The molecule has 6 heteroatoms. The van der Waals surface area contributed by atoms with Crippen molar-refractivity contribution in [3.05, 3.63) is 29.6 Å². The van der Waals surface area contributed by atoms with Crippen molar-refractivity contribution in [2.45, 2.75) is 57.6 Å². The van der Waals surface area contributed by atoms with E-state index in [2.05, 4.69) is 5.32 Å². The molecular formula is C18H24FNO4. The second kappa shape index (κ2) is 8.66.